The molecule has 0 bridgehead atoms. The molecule has 1 rings (SSSR count). The van der Waals surface area contributed by atoms with Crippen LogP contribution in [-0.4, -0.2) is 37.8 Å². The first kappa shape index (κ1) is 12.9. The van der Waals surface area contributed by atoms with Gasteiger partial charge in [-0.1, -0.05) is 12.1 Å². The van der Waals surface area contributed by atoms with Gasteiger partial charge >= 0.3 is 6.03 Å². The van der Waals surface area contributed by atoms with Gasteiger partial charge in [-0.05, 0) is 30.4 Å². The van der Waals surface area contributed by atoms with Gasteiger partial charge in [-0.25, -0.2) is 4.79 Å². The second-order valence-corrected chi connectivity index (χ2v) is 4.60. The van der Waals surface area contributed by atoms with Crippen molar-refractivity contribution in [3.05, 3.63) is 29.8 Å². The zero-order valence-corrected chi connectivity index (χ0v) is 10.8. The Labute approximate surface area is 101 Å². The minimum Gasteiger partial charge on any atom is -0.338 e. The third-order valence-electron chi connectivity index (χ3n) is 2.26. The average Bonchev–Trinajstić information content (AvgIpc) is 2.29. The molecule has 0 spiro atoms. The van der Waals surface area contributed by atoms with E-state index in [0.29, 0.717) is 6.54 Å². The lowest BCUT2D eigenvalue weighted by Gasteiger charge is -2.11. The topological polar surface area (TPSA) is 32.3 Å². The summed E-state index contributed by atoms with van der Waals surface area (Å²) in [6.07, 6.45) is 2.93. The number of benzene rings is 1. The Balaban J connectivity index is 2.34. The average molecular weight is 238 g/mol. The van der Waals surface area contributed by atoms with Crippen LogP contribution in [0.5, 0.6) is 0 Å². The fourth-order valence-corrected chi connectivity index (χ4v) is 1.67. The Hall–Kier alpha value is -1.16. The van der Waals surface area contributed by atoms with Crippen molar-refractivity contribution in [2.24, 2.45) is 0 Å². The molecular formula is C12H18N2OS. The molecule has 0 aromatic heterocycles. The van der Waals surface area contributed by atoms with Gasteiger partial charge in [0.05, 0.1) is 0 Å². The highest BCUT2D eigenvalue weighted by Gasteiger charge is 2.01. The van der Waals surface area contributed by atoms with Crippen LogP contribution in [0.1, 0.15) is 5.56 Å². The molecule has 0 atom stereocenters. The molecule has 1 N–H and O–H groups in total. The van der Waals surface area contributed by atoms with Gasteiger partial charge in [0.15, 0.2) is 0 Å². The maximum atomic E-state index is 11.2. The number of carbonyl (C=O) groups excluding carboxylic acids is 1. The number of hydrogen-bond donors (Lipinski definition) is 1. The van der Waals surface area contributed by atoms with Gasteiger partial charge in [-0.3, -0.25) is 0 Å². The summed E-state index contributed by atoms with van der Waals surface area (Å²) in [7, 11) is 3.48. The first-order valence-corrected chi connectivity index (χ1v) is 6.44. The van der Waals surface area contributed by atoms with Crippen LogP contribution in [0.25, 0.3) is 0 Å². The van der Waals surface area contributed by atoms with E-state index in [2.05, 4.69) is 35.8 Å². The van der Waals surface area contributed by atoms with Crippen molar-refractivity contribution >= 4 is 17.8 Å². The number of carbonyl (C=O) groups is 1. The number of thioether (sulfide) groups is 1. The van der Waals surface area contributed by atoms with Gasteiger partial charge < -0.3 is 10.2 Å². The Morgan fingerprint density at radius 2 is 1.94 bits per heavy atom. The van der Waals surface area contributed by atoms with Crippen LogP contribution in [0.2, 0.25) is 0 Å². The number of hydrogen-bond acceptors (Lipinski definition) is 2. The fourth-order valence-electron chi connectivity index (χ4n) is 1.26. The van der Waals surface area contributed by atoms with Crippen molar-refractivity contribution in [1.29, 1.82) is 0 Å². The molecule has 0 saturated carbocycles. The van der Waals surface area contributed by atoms with Gasteiger partial charge in [-0.15, -0.1) is 11.8 Å². The van der Waals surface area contributed by atoms with Crippen molar-refractivity contribution < 1.29 is 4.79 Å². The second kappa shape index (κ2) is 6.43. The standard InChI is InChI=1S/C12H18N2OS/c1-14(2)12(15)13-9-8-10-4-6-11(16-3)7-5-10/h4-7H,8-9H2,1-3H3,(H,13,15). The first-order chi connectivity index (χ1) is 7.63. The molecule has 0 aliphatic rings. The molecule has 4 heteroatoms. The molecule has 88 valence electrons. The monoisotopic (exact) mass is 238 g/mol. The number of rotatable bonds is 4. The van der Waals surface area contributed by atoms with Gasteiger partial charge in [0, 0.05) is 25.5 Å². The van der Waals surface area contributed by atoms with Gasteiger partial charge in [0.1, 0.15) is 0 Å². The Morgan fingerprint density at radius 3 is 2.44 bits per heavy atom. The molecule has 2 amide bonds. The van der Waals surface area contributed by atoms with E-state index in [9.17, 15) is 4.79 Å². The van der Waals surface area contributed by atoms with Gasteiger partial charge in [-0.2, -0.15) is 0 Å². The second-order valence-electron chi connectivity index (χ2n) is 3.72. The van der Waals surface area contributed by atoms with E-state index in [4.69, 9.17) is 0 Å². The van der Waals surface area contributed by atoms with Crippen molar-refractivity contribution in [3.63, 3.8) is 0 Å². The lowest BCUT2D eigenvalue weighted by atomic mass is 10.1. The zero-order chi connectivity index (χ0) is 12.0. The van der Waals surface area contributed by atoms with Gasteiger partial charge in [0.25, 0.3) is 0 Å². The Morgan fingerprint density at radius 1 is 1.31 bits per heavy atom. The van der Waals surface area contributed by atoms with Crippen LogP contribution in [-0.2, 0) is 6.42 Å². The number of nitrogens with one attached hydrogen (secondary N) is 1. The van der Waals surface area contributed by atoms with Crippen molar-refractivity contribution in [2.75, 3.05) is 26.9 Å². The first-order valence-electron chi connectivity index (χ1n) is 5.21. The minimum atomic E-state index is -0.0410. The Kier molecular flexibility index (Phi) is 5.19. The summed E-state index contributed by atoms with van der Waals surface area (Å²) in [5, 5.41) is 2.84. The molecule has 1 aromatic rings. The third-order valence-corrected chi connectivity index (χ3v) is 3.00. The molecule has 0 heterocycles. The van der Waals surface area contributed by atoms with E-state index in [0.717, 1.165) is 6.42 Å². The van der Waals surface area contributed by atoms with Gasteiger partial charge in [0.2, 0.25) is 0 Å². The van der Waals surface area contributed by atoms with Crippen LogP contribution in [0.4, 0.5) is 4.79 Å². The highest BCUT2D eigenvalue weighted by atomic mass is 32.2. The quantitative estimate of drug-likeness (QED) is 0.816. The number of amides is 2. The van der Waals surface area contributed by atoms with Crippen LogP contribution >= 0.6 is 11.8 Å². The summed E-state index contributed by atoms with van der Waals surface area (Å²) in [6, 6.07) is 8.38. The third kappa shape index (κ3) is 4.14. The predicted octanol–water partition coefficient (Wildman–Crippen LogP) is 2.22. The van der Waals surface area contributed by atoms with Crippen molar-refractivity contribution in [3.8, 4) is 0 Å². The lowest BCUT2D eigenvalue weighted by molar-refractivity contribution is 0.217. The highest BCUT2D eigenvalue weighted by molar-refractivity contribution is 7.98. The number of urea groups is 1. The highest BCUT2D eigenvalue weighted by Crippen LogP contribution is 2.14. The Bertz CT molecular complexity index is 335. The molecule has 0 fully saturated rings. The largest absolute Gasteiger partial charge is 0.338 e. The predicted molar refractivity (Wildman–Crippen MR) is 69.0 cm³/mol. The molecule has 0 aliphatic carbocycles. The smallest absolute Gasteiger partial charge is 0.316 e. The maximum Gasteiger partial charge on any atom is 0.316 e. The minimum absolute atomic E-state index is 0.0410. The van der Waals surface area contributed by atoms with Crippen LogP contribution < -0.4 is 5.32 Å². The summed E-state index contributed by atoms with van der Waals surface area (Å²) >= 11 is 1.73. The summed E-state index contributed by atoms with van der Waals surface area (Å²) in [6.45, 7) is 0.676. The molecule has 3 nitrogen and oxygen atoms in total. The molecule has 0 aliphatic heterocycles. The van der Waals surface area contributed by atoms with E-state index in [1.807, 2.05) is 0 Å². The normalized spacial score (nSPS) is 9.94. The number of nitrogens with zero attached hydrogens (tertiary/aromatic N) is 1. The molecule has 0 unspecified atom stereocenters. The van der Waals surface area contributed by atoms with E-state index < -0.39 is 0 Å². The summed E-state index contributed by atoms with van der Waals surface area (Å²) in [5.74, 6) is 0. The SMILES string of the molecule is CSc1ccc(CCNC(=O)N(C)C)cc1. The van der Waals surface area contributed by atoms with E-state index in [1.54, 1.807) is 25.9 Å². The molecule has 16 heavy (non-hydrogen) atoms. The molecule has 0 saturated heterocycles. The van der Waals surface area contributed by atoms with Crippen LogP contribution in [0, 0.1) is 0 Å². The fraction of sp³-hybridized carbons (Fsp3) is 0.417. The van der Waals surface area contributed by atoms with Crippen molar-refractivity contribution in [1.82, 2.24) is 10.2 Å². The van der Waals surface area contributed by atoms with E-state index in [1.165, 1.54) is 15.4 Å². The van der Waals surface area contributed by atoms with E-state index in [-0.39, 0.29) is 6.03 Å². The lowest BCUT2D eigenvalue weighted by Crippen LogP contribution is -2.35. The summed E-state index contributed by atoms with van der Waals surface area (Å²) in [4.78, 5) is 14.0. The van der Waals surface area contributed by atoms with Crippen LogP contribution in [0.15, 0.2) is 29.2 Å². The molecule has 1 aromatic carbocycles. The summed E-state index contributed by atoms with van der Waals surface area (Å²) < 4.78 is 0. The van der Waals surface area contributed by atoms with E-state index >= 15 is 0 Å². The summed E-state index contributed by atoms with van der Waals surface area (Å²) in [5.41, 5.74) is 1.25. The van der Waals surface area contributed by atoms with Crippen molar-refractivity contribution in [2.45, 2.75) is 11.3 Å². The van der Waals surface area contributed by atoms with Crippen LogP contribution in [0.3, 0.4) is 0 Å². The molecule has 0 radical (unpaired) electrons. The zero-order valence-electron chi connectivity index (χ0n) is 9.99. The maximum absolute atomic E-state index is 11.2. The molecular weight excluding hydrogens is 220 g/mol.